The van der Waals surface area contributed by atoms with Crippen LogP contribution in [0.5, 0.6) is 5.75 Å². The van der Waals surface area contributed by atoms with Gasteiger partial charge < -0.3 is 10.1 Å². The Balaban J connectivity index is 2.00. The smallest absolute Gasteiger partial charge is 0.262 e. The number of hydrogen-bond acceptors (Lipinski definition) is 4. The van der Waals surface area contributed by atoms with E-state index in [9.17, 15) is 13.2 Å². The van der Waals surface area contributed by atoms with Crippen molar-refractivity contribution in [3.05, 3.63) is 53.6 Å². The molecule has 0 spiro atoms. The first-order valence-electron chi connectivity index (χ1n) is 9.33. The summed E-state index contributed by atoms with van der Waals surface area (Å²) < 4.78 is 32.8. The van der Waals surface area contributed by atoms with Crippen molar-refractivity contribution < 1.29 is 17.9 Å². The molecule has 2 N–H and O–H groups in total. The molecule has 0 saturated carbocycles. The van der Waals surface area contributed by atoms with Crippen molar-refractivity contribution in [1.82, 2.24) is 4.72 Å². The maximum atomic E-state index is 12.3. The number of nitrogens with one attached hydrogen (secondary N) is 2. The molecule has 0 aliphatic heterocycles. The van der Waals surface area contributed by atoms with Crippen LogP contribution in [0.25, 0.3) is 0 Å². The molecule has 0 atom stereocenters. The van der Waals surface area contributed by atoms with Gasteiger partial charge in [0.05, 0.1) is 4.90 Å². The Bertz CT molecular complexity index is 924. The van der Waals surface area contributed by atoms with E-state index in [0.717, 1.165) is 17.7 Å². The number of rotatable bonds is 9. The second-order valence-electron chi connectivity index (χ2n) is 7.02. The second kappa shape index (κ2) is 9.71. The topological polar surface area (TPSA) is 84.5 Å². The Morgan fingerprint density at radius 3 is 2.50 bits per heavy atom. The fraction of sp³-hybridized carbons (Fsp3) is 0.381. The van der Waals surface area contributed by atoms with Gasteiger partial charge in [-0.25, -0.2) is 13.1 Å². The summed E-state index contributed by atoms with van der Waals surface area (Å²) in [5, 5.41) is 2.84. The fourth-order valence-corrected chi connectivity index (χ4v) is 3.89. The second-order valence-corrected chi connectivity index (χ2v) is 8.79. The number of ether oxygens (including phenoxy) is 1. The van der Waals surface area contributed by atoms with E-state index in [2.05, 4.69) is 10.0 Å². The monoisotopic (exact) mass is 404 g/mol. The highest BCUT2D eigenvalue weighted by Gasteiger charge is 2.16. The molecule has 2 aromatic carbocycles. The average molecular weight is 405 g/mol. The predicted molar refractivity (Wildman–Crippen MR) is 111 cm³/mol. The Labute approximate surface area is 167 Å². The van der Waals surface area contributed by atoms with Crippen LogP contribution in [0.3, 0.4) is 0 Å². The largest absolute Gasteiger partial charge is 0.483 e. The van der Waals surface area contributed by atoms with Crippen molar-refractivity contribution in [3.63, 3.8) is 0 Å². The number of aryl methyl sites for hydroxylation is 2. The lowest BCUT2D eigenvalue weighted by molar-refractivity contribution is -0.118. The van der Waals surface area contributed by atoms with Gasteiger partial charge in [0.15, 0.2) is 6.61 Å². The maximum Gasteiger partial charge on any atom is 0.262 e. The van der Waals surface area contributed by atoms with Crippen molar-refractivity contribution >= 4 is 21.6 Å². The zero-order valence-corrected chi connectivity index (χ0v) is 17.6. The van der Waals surface area contributed by atoms with Gasteiger partial charge in [-0.3, -0.25) is 4.79 Å². The van der Waals surface area contributed by atoms with Gasteiger partial charge in [-0.2, -0.15) is 0 Å². The van der Waals surface area contributed by atoms with Crippen molar-refractivity contribution in [2.75, 3.05) is 18.5 Å². The number of para-hydroxylation sites is 1. The SMILES string of the molecule is CCc1ccccc1NC(=O)COc1ccc(S(=O)(=O)NCC(C)C)cc1C. The fourth-order valence-electron chi connectivity index (χ4n) is 2.59. The Morgan fingerprint density at radius 1 is 1.14 bits per heavy atom. The molecule has 0 saturated heterocycles. The summed E-state index contributed by atoms with van der Waals surface area (Å²) in [5.74, 6) is 0.423. The third-order valence-electron chi connectivity index (χ3n) is 4.17. The molecule has 0 aliphatic rings. The van der Waals surface area contributed by atoms with Gasteiger partial charge >= 0.3 is 0 Å². The molecule has 0 fully saturated rings. The molecule has 0 aromatic heterocycles. The number of hydrogen-bond donors (Lipinski definition) is 2. The van der Waals surface area contributed by atoms with E-state index in [-0.39, 0.29) is 23.3 Å². The van der Waals surface area contributed by atoms with Gasteiger partial charge in [0.2, 0.25) is 10.0 Å². The molecule has 2 aromatic rings. The van der Waals surface area contributed by atoms with Gasteiger partial charge in [-0.1, -0.05) is 39.0 Å². The van der Waals surface area contributed by atoms with Crippen molar-refractivity contribution in [1.29, 1.82) is 0 Å². The standard InChI is InChI=1S/C21H28N2O4S/c1-5-17-8-6-7-9-19(17)23-21(24)14-27-20-11-10-18(12-16(20)4)28(25,26)22-13-15(2)3/h6-12,15,22H,5,13-14H2,1-4H3,(H,23,24). The summed E-state index contributed by atoms with van der Waals surface area (Å²) >= 11 is 0. The zero-order valence-electron chi connectivity index (χ0n) is 16.8. The Kier molecular flexibility index (Phi) is 7.60. The van der Waals surface area contributed by atoms with Crippen LogP contribution in [-0.2, 0) is 21.2 Å². The summed E-state index contributed by atoms with van der Waals surface area (Å²) in [7, 11) is -3.56. The number of amides is 1. The molecular formula is C21H28N2O4S. The van der Waals surface area contributed by atoms with Crippen LogP contribution in [0.2, 0.25) is 0 Å². The highest BCUT2D eigenvalue weighted by Crippen LogP contribution is 2.22. The van der Waals surface area contributed by atoms with Crippen LogP contribution in [-0.4, -0.2) is 27.5 Å². The molecule has 2 rings (SSSR count). The first kappa shape index (κ1) is 21.9. The quantitative estimate of drug-likeness (QED) is 0.670. The Morgan fingerprint density at radius 2 is 1.86 bits per heavy atom. The lowest BCUT2D eigenvalue weighted by Gasteiger charge is -2.13. The lowest BCUT2D eigenvalue weighted by Crippen LogP contribution is -2.27. The minimum absolute atomic E-state index is 0.156. The maximum absolute atomic E-state index is 12.3. The molecule has 1 amide bonds. The summed E-state index contributed by atoms with van der Waals surface area (Å²) in [6.45, 7) is 7.87. The van der Waals surface area contributed by atoms with Crippen LogP contribution in [0.4, 0.5) is 5.69 Å². The molecule has 0 radical (unpaired) electrons. The van der Waals surface area contributed by atoms with Crippen molar-refractivity contribution in [3.8, 4) is 5.75 Å². The minimum Gasteiger partial charge on any atom is -0.483 e. The van der Waals surface area contributed by atoms with Gasteiger partial charge in [0.1, 0.15) is 5.75 Å². The summed E-state index contributed by atoms with van der Waals surface area (Å²) in [6.07, 6.45) is 0.817. The minimum atomic E-state index is -3.56. The highest BCUT2D eigenvalue weighted by atomic mass is 32.2. The van der Waals surface area contributed by atoms with E-state index >= 15 is 0 Å². The third kappa shape index (κ3) is 6.07. The van der Waals surface area contributed by atoms with E-state index in [1.165, 1.54) is 6.07 Å². The van der Waals surface area contributed by atoms with E-state index in [4.69, 9.17) is 4.74 Å². The van der Waals surface area contributed by atoms with Crippen molar-refractivity contribution in [2.45, 2.75) is 39.0 Å². The van der Waals surface area contributed by atoms with Crippen LogP contribution >= 0.6 is 0 Å². The molecule has 28 heavy (non-hydrogen) atoms. The van der Waals surface area contributed by atoms with Gasteiger partial charge in [0, 0.05) is 12.2 Å². The molecule has 0 heterocycles. The van der Waals surface area contributed by atoms with Crippen molar-refractivity contribution in [2.24, 2.45) is 5.92 Å². The molecule has 0 aliphatic carbocycles. The van der Waals surface area contributed by atoms with Gasteiger partial charge in [0.25, 0.3) is 5.91 Å². The zero-order chi connectivity index (χ0) is 20.7. The lowest BCUT2D eigenvalue weighted by atomic mass is 10.1. The van der Waals surface area contributed by atoms with E-state index < -0.39 is 10.0 Å². The molecule has 6 nitrogen and oxygen atoms in total. The van der Waals surface area contributed by atoms with Crippen LogP contribution in [0.15, 0.2) is 47.4 Å². The predicted octanol–water partition coefficient (Wildman–Crippen LogP) is 3.51. The summed E-state index contributed by atoms with van der Waals surface area (Å²) in [6, 6.07) is 12.2. The third-order valence-corrected chi connectivity index (χ3v) is 5.59. The molecular weight excluding hydrogens is 376 g/mol. The van der Waals surface area contributed by atoms with Gasteiger partial charge in [-0.15, -0.1) is 0 Å². The molecule has 7 heteroatoms. The van der Waals surface area contributed by atoms with E-state index in [0.29, 0.717) is 17.9 Å². The number of sulfonamides is 1. The number of carbonyl (C=O) groups excluding carboxylic acids is 1. The first-order chi connectivity index (χ1) is 13.2. The number of benzene rings is 2. The van der Waals surface area contributed by atoms with E-state index in [1.54, 1.807) is 19.1 Å². The van der Waals surface area contributed by atoms with E-state index in [1.807, 2.05) is 45.0 Å². The summed E-state index contributed by atoms with van der Waals surface area (Å²) in [5.41, 5.74) is 2.47. The van der Waals surface area contributed by atoms with Crippen LogP contribution in [0, 0.1) is 12.8 Å². The van der Waals surface area contributed by atoms with Gasteiger partial charge in [-0.05, 0) is 54.7 Å². The van der Waals surface area contributed by atoms with Crippen LogP contribution in [0.1, 0.15) is 31.9 Å². The molecule has 0 bridgehead atoms. The Hall–Kier alpha value is -2.38. The first-order valence-corrected chi connectivity index (χ1v) is 10.8. The normalized spacial score (nSPS) is 11.5. The number of carbonyl (C=O) groups is 1. The molecule has 152 valence electrons. The summed E-state index contributed by atoms with van der Waals surface area (Å²) in [4.78, 5) is 12.4. The molecule has 0 unspecified atom stereocenters. The highest BCUT2D eigenvalue weighted by molar-refractivity contribution is 7.89. The van der Waals surface area contributed by atoms with Crippen LogP contribution < -0.4 is 14.8 Å². The average Bonchev–Trinajstić information content (AvgIpc) is 2.66. The number of anilines is 1.